The highest BCUT2D eigenvalue weighted by molar-refractivity contribution is 4.90. The summed E-state index contributed by atoms with van der Waals surface area (Å²) in [6.45, 7) is 9.95. The van der Waals surface area contributed by atoms with Crippen molar-refractivity contribution in [1.82, 2.24) is 10.2 Å². The van der Waals surface area contributed by atoms with Gasteiger partial charge < -0.3 is 15.3 Å². The van der Waals surface area contributed by atoms with Crippen molar-refractivity contribution in [2.75, 3.05) is 32.7 Å². The Balaban J connectivity index is 1.87. The minimum Gasteiger partial charge on any atom is -0.390 e. The van der Waals surface area contributed by atoms with Crippen molar-refractivity contribution in [1.29, 1.82) is 0 Å². The van der Waals surface area contributed by atoms with Crippen LogP contribution in [0.1, 0.15) is 65.2 Å². The monoisotopic (exact) mass is 282 g/mol. The van der Waals surface area contributed by atoms with Crippen molar-refractivity contribution >= 4 is 0 Å². The minimum atomic E-state index is -0.420. The molecule has 1 saturated carbocycles. The minimum absolute atomic E-state index is 0.420. The Kier molecular flexibility index (Phi) is 5.88. The Morgan fingerprint density at radius 2 is 1.70 bits per heavy atom. The highest BCUT2D eigenvalue weighted by Gasteiger charge is 2.36. The Morgan fingerprint density at radius 3 is 2.30 bits per heavy atom. The van der Waals surface area contributed by atoms with Crippen LogP contribution in [0.4, 0.5) is 0 Å². The van der Waals surface area contributed by atoms with Crippen molar-refractivity contribution in [3.63, 3.8) is 0 Å². The summed E-state index contributed by atoms with van der Waals surface area (Å²) < 4.78 is 0. The molecule has 0 aromatic rings. The van der Waals surface area contributed by atoms with Crippen LogP contribution in [0.3, 0.4) is 0 Å². The average Bonchev–Trinajstić information content (AvgIpc) is 2.43. The number of hydrogen-bond donors (Lipinski definition) is 2. The van der Waals surface area contributed by atoms with Gasteiger partial charge in [0, 0.05) is 26.2 Å². The first kappa shape index (κ1) is 16.3. The van der Waals surface area contributed by atoms with Crippen molar-refractivity contribution in [2.45, 2.75) is 70.8 Å². The lowest BCUT2D eigenvalue weighted by Crippen LogP contribution is -2.50. The lowest BCUT2D eigenvalue weighted by molar-refractivity contribution is -0.0199. The van der Waals surface area contributed by atoms with Gasteiger partial charge in [0.05, 0.1) is 5.60 Å². The average molecular weight is 282 g/mol. The fourth-order valence-electron chi connectivity index (χ4n) is 3.89. The van der Waals surface area contributed by atoms with E-state index in [-0.39, 0.29) is 0 Å². The Morgan fingerprint density at radius 1 is 1.05 bits per heavy atom. The molecule has 0 atom stereocenters. The van der Waals surface area contributed by atoms with E-state index in [1.54, 1.807) is 0 Å². The molecule has 0 bridgehead atoms. The van der Waals surface area contributed by atoms with Gasteiger partial charge in [-0.05, 0) is 51.0 Å². The summed E-state index contributed by atoms with van der Waals surface area (Å²) in [7, 11) is 0. The van der Waals surface area contributed by atoms with E-state index >= 15 is 0 Å². The number of hydrogen-bond acceptors (Lipinski definition) is 3. The Labute approximate surface area is 125 Å². The normalized spacial score (nSPS) is 26.6. The molecule has 0 unspecified atom stereocenters. The highest BCUT2D eigenvalue weighted by Crippen LogP contribution is 2.37. The number of nitrogens with one attached hydrogen (secondary N) is 1. The van der Waals surface area contributed by atoms with Gasteiger partial charge in [-0.2, -0.15) is 0 Å². The number of piperidine rings is 1. The molecule has 2 fully saturated rings. The van der Waals surface area contributed by atoms with Crippen LogP contribution in [0.15, 0.2) is 0 Å². The lowest BCUT2D eigenvalue weighted by Gasteiger charge is -2.44. The van der Waals surface area contributed by atoms with Crippen LogP contribution in [-0.4, -0.2) is 48.3 Å². The molecule has 20 heavy (non-hydrogen) atoms. The zero-order chi connectivity index (χ0) is 14.5. The summed E-state index contributed by atoms with van der Waals surface area (Å²) >= 11 is 0. The standard InChI is InChI=1S/C17H34N2O/c1-3-11-18-14-17(7-5-4-6-8-17)15-19-12-9-16(2,20)10-13-19/h18,20H,3-15H2,1-2H3. The van der Waals surface area contributed by atoms with Gasteiger partial charge in [-0.3, -0.25) is 0 Å². The molecule has 3 nitrogen and oxygen atoms in total. The van der Waals surface area contributed by atoms with Gasteiger partial charge in [-0.15, -0.1) is 0 Å². The molecular weight excluding hydrogens is 248 g/mol. The molecule has 2 aliphatic rings. The molecule has 0 aromatic heterocycles. The van der Waals surface area contributed by atoms with Crippen LogP contribution in [0.2, 0.25) is 0 Å². The molecule has 0 amide bonds. The first-order valence-corrected chi connectivity index (χ1v) is 8.71. The molecule has 1 aliphatic carbocycles. The molecule has 2 rings (SSSR count). The highest BCUT2D eigenvalue weighted by atomic mass is 16.3. The summed E-state index contributed by atoms with van der Waals surface area (Å²) in [4.78, 5) is 2.61. The van der Waals surface area contributed by atoms with E-state index in [1.807, 2.05) is 6.92 Å². The first-order valence-electron chi connectivity index (χ1n) is 8.71. The predicted octanol–water partition coefficient (Wildman–Crippen LogP) is 2.78. The quantitative estimate of drug-likeness (QED) is 0.735. The Hall–Kier alpha value is -0.120. The maximum atomic E-state index is 10.1. The molecule has 0 aromatic carbocycles. The molecule has 0 spiro atoms. The summed E-state index contributed by atoms with van der Waals surface area (Å²) in [6, 6.07) is 0. The predicted molar refractivity (Wildman–Crippen MR) is 85.0 cm³/mol. The third-order valence-corrected chi connectivity index (χ3v) is 5.33. The molecule has 1 heterocycles. The van der Waals surface area contributed by atoms with Crippen LogP contribution in [0.25, 0.3) is 0 Å². The van der Waals surface area contributed by atoms with E-state index in [0.29, 0.717) is 5.41 Å². The molecule has 3 heteroatoms. The molecule has 0 radical (unpaired) electrons. The van der Waals surface area contributed by atoms with Crippen LogP contribution in [0, 0.1) is 5.41 Å². The second kappa shape index (κ2) is 7.24. The van der Waals surface area contributed by atoms with E-state index in [0.717, 1.165) is 32.5 Å². The van der Waals surface area contributed by atoms with E-state index in [9.17, 15) is 5.11 Å². The molecule has 1 saturated heterocycles. The van der Waals surface area contributed by atoms with Crippen molar-refractivity contribution < 1.29 is 5.11 Å². The summed E-state index contributed by atoms with van der Waals surface area (Å²) in [5, 5.41) is 13.8. The van der Waals surface area contributed by atoms with Crippen molar-refractivity contribution in [3.8, 4) is 0 Å². The van der Waals surface area contributed by atoms with Crippen molar-refractivity contribution in [2.24, 2.45) is 5.41 Å². The summed E-state index contributed by atoms with van der Waals surface area (Å²) in [6.07, 6.45) is 10.1. The molecule has 1 aliphatic heterocycles. The number of aliphatic hydroxyl groups is 1. The van der Waals surface area contributed by atoms with Gasteiger partial charge in [-0.25, -0.2) is 0 Å². The van der Waals surface area contributed by atoms with E-state index in [4.69, 9.17) is 0 Å². The topological polar surface area (TPSA) is 35.5 Å². The van der Waals surface area contributed by atoms with Gasteiger partial charge in [0.1, 0.15) is 0 Å². The molecule has 118 valence electrons. The van der Waals surface area contributed by atoms with Crippen LogP contribution < -0.4 is 5.32 Å². The van der Waals surface area contributed by atoms with Crippen molar-refractivity contribution in [3.05, 3.63) is 0 Å². The van der Waals surface area contributed by atoms with Crippen LogP contribution in [-0.2, 0) is 0 Å². The number of rotatable bonds is 6. The van der Waals surface area contributed by atoms with E-state index in [1.165, 1.54) is 51.6 Å². The summed E-state index contributed by atoms with van der Waals surface area (Å²) in [5.41, 5.74) is 0.0767. The smallest absolute Gasteiger partial charge is 0.0644 e. The third kappa shape index (κ3) is 4.71. The van der Waals surface area contributed by atoms with Gasteiger partial charge >= 0.3 is 0 Å². The molecular formula is C17H34N2O. The van der Waals surface area contributed by atoms with E-state index in [2.05, 4.69) is 17.1 Å². The van der Waals surface area contributed by atoms with Crippen LogP contribution in [0.5, 0.6) is 0 Å². The second-order valence-electron chi connectivity index (χ2n) is 7.51. The second-order valence-corrected chi connectivity index (χ2v) is 7.51. The van der Waals surface area contributed by atoms with E-state index < -0.39 is 5.60 Å². The largest absolute Gasteiger partial charge is 0.390 e. The first-order chi connectivity index (χ1) is 9.55. The van der Waals surface area contributed by atoms with Gasteiger partial charge in [0.25, 0.3) is 0 Å². The fourth-order valence-corrected chi connectivity index (χ4v) is 3.89. The number of nitrogens with zero attached hydrogens (tertiary/aromatic N) is 1. The molecule has 2 N–H and O–H groups in total. The van der Waals surface area contributed by atoms with Crippen LogP contribution >= 0.6 is 0 Å². The fraction of sp³-hybridized carbons (Fsp3) is 1.00. The third-order valence-electron chi connectivity index (χ3n) is 5.33. The number of likely N-dealkylation sites (tertiary alicyclic amines) is 1. The SMILES string of the molecule is CCCNCC1(CN2CCC(C)(O)CC2)CCCCC1. The Bertz CT molecular complexity index is 275. The van der Waals surface area contributed by atoms with Gasteiger partial charge in [0.2, 0.25) is 0 Å². The zero-order valence-electron chi connectivity index (χ0n) is 13.6. The van der Waals surface area contributed by atoms with Gasteiger partial charge in [-0.1, -0.05) is 26.2 Å². The maximum absolute atomic E-state index is 10.1. The summed E-state index contributed by atoms with van der Waals surface area (Å²) in [5.74, 6) is 0. The lowest BCUT2D eigenvalue weighted by atomic mass is 9.73. The van der Waals surface area contributed by atoms with Gasteiger partial charge in [0.15, 0.2) is 0 Å². The maximum Gasteiger partial charge on any atom is 0.0644 e. The zero-order valence-corrected chi connectivity index (χ0v) is 13.6.